The Bertz CT molecular complexity index is 297. The molecule has 1 aromatic rings. The van der Waals surface area contributed by atoms with Crippen LogP contribution in [0.2, 0.25) is 0 Å². The van der Waals surface area contributed by atoms with E-state index < -0.39 is 0 Å². The molecule has 0 radical (unpaired) electrons. The van der Waals surface area contributed by atoms with Gasteiger partial charge >= 0.3 is 0 Å². The minimum Gasteiger partial charge on any atom is -0.329 e. The van der Waals surface area contributed by atoms with Crippen LogP contribution in [0, 0.1) is 0 Å². The van der Waals surface area contributed by atoms with Crippen molar-refractivity contribution >= 4 is 11.8 Å². The van der Waals surface area contributed by atoms with Gasteiger partial charge in [-0.05, 0) is 37.3 Å². The van der Waals surface area contributed by atoms with E-state index in [1.165, 1.54) is 10.5 Å². The first-order valence-corrected chi connectivity index (χ1v) is 7.03. The highest BCUT2D eigenvalue weighted by molar-refractivity contribution is 7.98. The van der Waals surface area contributed by atoms with E-state index in [9.17, 15) is 0 Å². The highest BCUT2D eigenvalue weighted by Gasteiger charge is 2.11. The molecule has 0 aliphatic heterocycles. The molecule has 2 unspecified atom stereocenters. The van der Waals surface area contributed by atoms with E-state index >= 15 is 0 Å². The molecule has 3 N–H and O–H groups in total. The molecular weight excluding hydrogens is 216 g/mol. The minimum atomic E-state index is 0.269. The quantitative estimate of drug-likeness (QED) is 0.748. The van der Waals surface area contributed by atoms with Gasteiger partial charge in [-0.1, -0.05) is 19.1 Å². The molecule has 0 aliphatic carbocycles. The molecule has 0 aliphatic rings. The van der Waals surface area contributed by atoms with Gasteiger partial charge in [-0.2, -0.15) is 0 Å². The van der Waals surface area contributed by atoms with Gasteiger partial charge in [0.05, 0.1) is 0 Å². The average molecular weight is 238 g/mol. The van der Waals surface area contributed by atoms with Crippen molar-refractivity contribution < 1.29 is 0 Å². The Morgan fingerprint density at radius 3 is 2.38 bits per heavy atom. The van der Waals surface area contributed by atoms with Crippen LogP contribution in [0.1, 0.15) is 31.9 Å². The zero-order valence-electron chi connectivity index (χ0n) is 10.4. The molecule has 2 atom stereocenters. The van der Waals surface area contributed by atoms with Crippen molar-refractivity contribution in [3.05, 3.63) is 29.8 Å². The van der Waals surface area contributed by atoms with E-state index in [0.29, 0.717) is 12.6 Å². The van der Waals surface area contributed by atoms with Crippen LogP contribution in [0.4, 0.5) is 0 Å². The topological polar surface area (TPSA) is 38.0 Å². The number of hydrogen-bond donors (Lipinski definition) is 2. The predicted octanol–water partition coefficient (Wildman–Crippen LogP) is 2.80. The van der Waals surface area contributed by atoms with E-state index in [1.54, 1.807) is 11.8 Å². The summed E-state index contributed by atoms with van der Waals surface area (Å²) in [6.45, 7) is 5.02. The minimum absolute atomic E-state index is 0.269. The number of benzene rings is 1. The summed E-state index contributed by atoms with van der Waals surface area (Å²) < 4.78 is 0. The van der Waals surface area contributed by atoms with Crippen LogP contribution in [0.5, 0.6) is 0 Å². The van der Waals surface area contributed by atoms with Gasteiger partial charge in [-0.15, -0.1) is 11.8 Å². The lowest BCUT2D eigenvalue weighted by Gasteiger charge is -2.21. The van der Waals surface area contributed by atoms with Crippen molar-refractivity contribution in [3.63, 3.8) is 0 Å². The number of nitrogens with one attached hydrogen (secondary N) is 1. The molecule has 0 aromatic heterocycles. The summed E-state index contributed by atoms with van der Waals surface area (Å²) in [4.78, 5) is 1.29. The van der Waals surface area contributed by atoms with Gasteiger partial charge < -0.3 is 11.1 Å². The zero-order valence-corrected chi connectivity index (χ0v) is 11.2. The molecule has 0 amide bonds. The molecule has 0 saturated carbocycles. The van der Waals surface area contributed by atoms with E-state index in [2.05, 4.69) is 49.7 Å². The summed E-state index contributed by atoms with van der Waals surface area (Å²) >= 11 is 1.76. The summed E-state index contributed by atoms with van der Waals surface area (Å²) in [7, 11) is 0. The number of hydrogen-bond acceptors (Lipinski definition) is 3. The lowest BCUT2D eigenvalue weighted by atomic mass is 10.1. The van der Waals surface area contributed by atoms with Crippen LogP contribution < -0.4 is 11.1 Å². The van der Waals surface area contributed by atoms with Crippen LogP contribution >= 0.6 is 11.8 Å². The second kappa shape index (κ2) is 6.94. The largest absolute Gasteiger partial charge is 0.329 e. The smallest absolute Gasteiger partial charge is 0.0446 e. The Morgan fingerprint density at radius 1 is 1.31 bits per heavy atom. The van der Waals surface area contributed by atoms with Gasteiger partial charge in [0.15, 0.2) is 0 Å². The van der Waals surface area contributed by atoms with Crippen LogP contribution in [-0.2, 0) is 0 Å². The summed E-state index contributed by atoms with van der Waals surface area (Å²) in [6, 6.07) is 9.42. The molecule has 3 heteroatoms. The average Bonchev–Trinajstić information content (AvgIpc) is 2.35. The van der Waals surface area contributed by atoms with E-state index in [4.69, 9.17) is 5.73 Å². The van der Waals surface area contributed by atoms with Gasteiger partial charge in [0.2, 0.25) is 0 Å². The fraction of sp³-hybridized carbons (Fsp3) is 0.538. The highest BCUT2D eigenvalue weighted by Crippen LogP contribution is 2.19. The van der Waals surface area contributed by atoms with Crippen LogP contribution in [0.3, 0.4) is 0 Å². The summed E-state index contributed by atoms with van der Waals surface area (Å²) in [5.74, 6) is 0. The van der Waals surface area contributed by atoms with Crippen molar-refractivity contribution in [1.82, 2.24) is 5.32 Å². The zero-order chi connectivity index (χ0) is 12.0. The summed E-state index contributed by atoms with van der Waals surface area (Å²) in [5, 5.41) is 3.54. The van der Waals surface area contributed by atoms with Crippen LogP contribution in [0.15, 0.2) is 29.2 Å². The maximum Gasteiger partial charge on any atom is 0.0446 e. The first-order valence-electron chi connectivity index (χ1n) is 5.81. The van der Waals surface area contributed by atoms with Gasteiger partial charge in [0.1, 0.15) is 0 Å². The number of rotatable bonds is 6. The number of nitrogens with two attached hydrogens (primary N) is 1. The standard InChI is InChI=1S/C13H22N2S/c1-4-10(2)15-13(9-14)11-5-7-12(16-3)8-6-11/h5-8,10,13,15H,4,9,14H2,1-3H3. The monoisotopic (exact) mass is 238 g/mol. The SMILES string of the molecule is CCC(C)NC(CN)c1ccc(SC)cc1. The first-order chi connectivity index (χ1) is 7.71. The summed E-state index contributed by atoms with van der Waals surface area (Å²) in [6.07, 6.45) is 3.21. The highest BCUT2D eigenvalue weighted by atomic mass is 32.2. The molecule has 16 heavy (non-hydrogen) atoms. The van der Waals surface area contributed by atoms with Crippen molar-refractivity contribution in [1.29, 1.82) is 0 Å². The molecular formula is C13H22N2S. The molecule has 0 saturated heterocycles. The van der Waals surface area contributed by atoms with Crippen LogP contribution in [-0.4, -0.2) is 18.8 Å². The fourth-order valence-electron chi connectivity index (χ4n) is 1.60. The van der Waals surface area contributed by atoms with Crippen LogP contribution in [0.25, 0.3) is 0 Å². The van der Waals surface area contributed by atoms with Crippen molar-refractivity contribution in [2.24, 2.45) is 5.73 Å². The molecule has 0 bridgehead atoms. The molecule has 90 valence electrons. The number of thioether (sulfide) groups is 1. The maximum atomic E-state index is 5.81. The lowest BCUT2D eigenvalue weighted by molar-refractivity contribution is 0.452. The maximum absolute atomic E-state index is 5.81. The second-order valence-electron chi connectivity index (χ2n) is 4.04. The molecule has 0 heterocycles. The van der Waals surface area contributed by atoms with E-state index in [-0.39, 0.29) is 6.04 Å². The Hall–Kier alpha value is -0.510. The molecule has 0 fully saturated rings. The summed E-state index contributed by atoms with van der Waals surface area (Å²) in [5.41, 5.74) is 7.09. The molecule has 1 aromatic carbocycles. The predicted molar refractivity (Wildman–Crippen MR) is 72.9 cm³/mol. The third kappa shape index (κ3) is 3.81. The third-order valence-electron chi connectivity index (χ3n) is 2.85. The Balaban J connectivity index is 2.70. The Kier molecular flexibility index (Phi) is 5.88. The van der Waals surface area contributed by atoms with Crippen molar-refractivity contribution in [2.75, 3.05) is 12.8 Å². The Morgan fingerprint density at radius 2 is 1.94 bits per heavy atom. The third-order valence-corrected chi connectivity index (χ3v) is 3.60. The Labute approximate surface area is 103 Å². The van der Waals surface area contributed by atoms with Gasteiger partial charge in [0, 0.05) is 23.5 Å². The second-order valence-corrected chi connectivity index (χ2v) is 4.92. The fourth-order valence-corrected chi connectivity index (χ4v) is 2.01. The van der Waals surface area contributed by atoms with Gasteiger partial charge in [-0.25, -0.2) is 0 Å². The normalized spacial score (nSPS) is 14.8. The molecule has 1 rings (SSSR count). The van der Waals surface area contributed by atoms with Crippen molar-refractivity contribution in [2.45, 2.75) is 37.2 Å². The van der Waals surface area contributed by atoms with E-state index in [0.717, 1.165) is 6.42 Å². The van der Waals surface area contributed by atoms with Gasteiger partial charge in [-0.3, -0.25) is 0 Å². The van der Waals surface area contributed by atoms with Crippen molar-refractivity contribution in [3.8, 4) is 0 Å². The first kappa shape index (κ1) is 13.6. The van der Waals surface area contributed by atoms with Gasteiger partial charge in [0.25, 0.3) is 0 Å². The molecule has 2 nitrogen and oxygen atoms in total. The van der Waals surface area contributed by atoms with E-state index in [1.807, 2.05) is 0 Å². The molecule has 0 spiro atoms. The lowest BCUT2D eigenvalue weighted by Crippen LogP contribution is -2.34.